The molecule has 106 valence electrons. The van der Waals surface area contributed by atoms with Gasteiger partial charge in [-0.05, 0) is 12.8 Å². The van der Waals surface area contributed by atoms with Crippen molar-refractivity contribution in [1.82, 2.24) is 10.2 Å². The smallest absolute Gasteiger partial charge is 0.323 e. The maximum absolute atomic E-state index is 11.7. The predicted octanol–water partition coefficient (Wildman–Crippen LogP) is 1.31. The van der Waals surface area contributed by atoms with Gasteiger partial charge in [0.15, 0.2) is 0 Å². The molecular weight excluding hydrogens is 236 g/mol. The summed E-state index contributed by atoms with van der Waals surface area (Å²) in [6.45, 7) is 5.71. The summed E-state index contributed by atoms with van der Waals surface area (Å²) in [6.07, 6.45) is 2.82. The molecule has 0 radical (unpaired) electrons. The van der Waals surface area contributed by atoms with E-state index in [1.54, 1.807) is 0 Å². The fraction of sp³-hybridized carbons (Fsp3) is 0.833. The minimum absolute atomic E-state index is 0.267. The van der Waals surface area contributed by atoms with E-state index < -0.39 is 5.97 Å². The molecule has 0 saturated heterocycles. The summed E-state index contributed by atoms with van der Waals surface area (Å²) in [4.78, 5) is 23.5. The van der Waals surface area contributed by atoms with Crippen LogP contribution >= 0.6 is 0 Å². The van der Waals surface area contributed by atoms with Crippen LogP contribution in [0.25, 0.3) is 0 Å². The number of hydrogen-bond donors (Lipinski definition) is 2. The van der Waals surface area contributed by atoms with Crippen LogP contribution in [0.4, 0.5) is 4.79 Å². The Hall–Kier alpha value is -1.30. The molecule has 0 aliphatic heterocycles. The van der Waals surface area contributed by atoms with E-state index in [-0.39, 0.29) is 12.6 Å². The van der Waals surface area contributed by atoms with Crippen LogP contribution in [0, 0.1) is 0 Å². The van der Waals surface area contributed by atoms with Crippen molar-refractivity contribution in [2.75, 3.05) is 32.8 Å². The van der Waals surface area contributed by atoms with Gasteiger partial charge in [0, 0.05) is 19.7 Å². The Bertz CT molecular complexity index is 246. The van der Waals surface area contributed by atoms with E-state index in [0.29, 0.717) is 26.3 Å². The van der Waals surface area contributed by atoms with Gasteiger partial charge < -0.3 is 20.1 Å². The fourth-order valence-corrected chi connectivity index (χ4v) is 1.38. The molecule has 0 aromatic heterocycles. The van der Waals surface area contributed by atoms with Crippen molar-refractivity contribution in [3.63, 3.8) is 0 Å². The maximum atomic E-state index is 11.7. The van der Waals surface area contributed by atoms with Crippen LogP contribution in [0.2, 0.25) is 0 Å². The van der Waals surface area contributed by atoms with Gasteiger partial charge in [-0.2, -0.15) is 0 Å². The molecule has 0 aliphatic rings. The van der Waals surface area contributed by atoms with Crippen molar-refractivity contribution in [3.8, 4) is 0 Å². The molecule has 0 saturated carbocycles. The molecule has 6 heteroatoms. The molecule has 0 rings (SSSR count). The number of amides is 2. The maximum Gasteiger partial charge on any atom is 0.323 e. The van der Waals surface area contributed by atoms with Gasteiger partial charge in [-0.15, -0.1) is 0 Å². The number of carbonyl (C=O) groups excluding carboxylic acids is 1. The molecule has 0 aromatic carbocycles. The number of nitrogens with one attached hydrogen (secondary N) is 1. The van der Waals surface area contributed by atoms with Crippen molar-refractivity contribution < 1.29 is 19.4 Å². The molecule has 2 N–H and O–H groups in total. The highest BCUT2D eigenvalue weighted by Gasteiger charge is 2.14. The largest absolute Gasteiger partial charge is 0.480 e. The van der Waals surface area contributed by atoms with Crippen molar-refractivity contribution >= 4 is 12.0 Å². The number of urea groups is 1. The average Bonchev–Trinajstić information content (AvgIpc) is 2.32. The van der Waals surface area contributed by atoms with Crippen molar-refractivity contribution in [1.29, 1.82) is 0 Å². The molecule has 18 heavy (non-hydrogen) atoms. The molecule has 0 bridgehead atoms. The Morgan fingerprint density at radius 3 is 2.50 bits per heavy atom. The number of nitrogens with zero attached hydrogens (tertiary/aromatic N) is 1. The summed E-state index contributed by atoms with van der Waals surface area (Å²) < 4.78 is 5.30. The number of aliphatic carboxylic acids is 1. The molecule has 0 spiro atoms. The molecular formula is C12H24N2O4. The first-order valence-corrected chi connectivity index (χ1v) is 6.44. The number of carbonyl (C=O) groups is 2. The minimum Gasteiger partial charge on any atom is -0.480 e. The van der Waals surface area contributed by atoms with Gasteiger partial charge in [-0.25, -0.2) is 4.79 Å². The standard InChI is InChI=1S/C12H24N2O4/c1-3-5-8-18-9-6-13-12(17)14(7-4-2)10-11(15)16/h3-10H2,1-2H3,(H,13,17)(H,15,16). The van der Waals surface area contributed by atoms with Gasteiger partial charge in [-0.1, -0.05) is 20.3 Å². The molecule has 0 unspecified atom stereocenters. The number of carboxylic acid groups (broad SMARTS) is 1. The summed E-state index contributed by atoms with van der Waals surface area (Å²) in [5, 5.41) is 11.3. The average molecular weight is 260 g/mol. The van der Waals surface area contributed by atoms with E-state index in [0.717, 1.165) is 19.3 Å². The monoisotopic (exact) mass is 260 g/mol. The zero-order valence-electron chi connectivity index (χ0n) is 11.3. The third-order valence-corrected chi connectivity index (χ3v) is 2.27. The third-order valence-electron chi connectivity index (χ3n) is 2.27. The van der Waals surface area contributed by atoms with Gasteiger partial charge in [0.05, 0.1) is 6.61 Å². The lowest BCUT2D eigenvalue weighted by Crippen LogP contribution is -2.44. The van der Waals surface area contributed by atoms with Crippen molar-refractivity contribution in [2.45, 2.75) is 33.1 Å². The number of rotatable bonds is 10. The predicted molar refractivity (Wildman–Crippen MR) is 68.6 cm³/mol. The Labute approximate surface area is 108 Å². The molecule has 2 amide bonds. The summed E-state index contributed by atoms with van der Waals surface area (Å²) >= 11 is 0. The minimum atomic E-state index is -1.00. The number of carboxylic acids is 1. The zero-order chi connectivity index (χ0) is 13.8. The molecule has 0 aromatic rings. The van der Waals surface area contributed by atoms with Gasteiger partial charge in [-0.3, -0.25) is 4.79 Å². The summed E-state index contributed by atoms with van der Waals surface area (Å²) in [5.74, 6) is -1.00. The van der Waals surface area contributed by atoms with Crippen LogP contribution < -0.4 is 5.32 Å². The van der Waals surface area contributed by atoms with Crippen molar-refractivity contribution in [3.05, 3.63) is 0 Å². The lowest BCUT2D eigenvalue weighted by atomic mass is 10.4. The van der Waals surface area contributed by atoms with Crippen LogP contribution in [0.3, 0.4) is 0 Å². The van der Waals surface area contributed by atoms with Crippen LogP contribution in [0.1, 0.15) is 33.1 Å². The van der Waals surface area contributed by atoms with Gasteiger partial charge >= 0.3 is 12.0 Å². The van der Waals surface area contributed by atoms with E-state index in [4.69, 9.17) is 9.84 Å². The van der Waals surface area contributed by atoms with E-state index >= 15 is 0 Å². The van der Waals surface area contributed by atoms with Crippen LogP contribution in [-0.4, -0.2) is 54.9 Å². The summed E-state index contributed by atoms with van der Waals surface area (Å²) in [5.41, 5.74) is 0. The van der Waals surface area contributed by atoms with E-state index in [1.165, 1.54) is 4.90 Å². The highest BCUT2D eigenvalue weighted by atomic mass is 16.5. The Balaban J connectivity index is 3.77. The molecule has 0 fully saturated rings. The number of hydrogen-bond acceptors (Lipinski definition) is 3. The van der Waals surface area contributed by atoms with Crippen LogP contribution in [0.5, 0.6) is 0 Å². The second-order valence-electron chi connectivity index (χ2n) is 4.01. The van der Waals surface area contributed by atoms with Crippen LogP contribution in [-0.2, 0) is 9.53 Å². The topological polar surface area (TPSA) is 78.9 Å². The summed E-state index contributed by atoms with van der Waals surface area (Å²) in [7, 11) is 0. The van der Waals surface area contributed by atoms with E-state index in [2.05, 4.69) is 12.2 Å². The van der Waals surface area contributed by atoms with Gasteiger partial charge in [0.25, 0.3) is 0 Å². The molecule has 0 atom stereocenters. The fourth-order valence-electron chi connectivity index (χ4n) is 1.38. The Morgan fingerprint density at radius 2 is 1.94 bits per heavy atom. The third kappa shape index (κ3) is 8.81. The Morgan fingerprint density at radius 1 is 1.22 bits per heavy atom. The van der Waals surface area contributed by atoms with Gasteiger partial charge in [0.1, 0.15) is 6.54 Å². The molecule has 6 nitrogen and oxygen atoms in total. The van der Waals surface area contributed by atoms with Crippen molar-refractivity contribution in [2.24, 2.45) is 0 Å². The normalized spacial score (nSPS) is 10.1. The van der Waals surface area contributed by atoms with E-state index in [9.17, 15) is 9.59 Å². The highest BCUT2D eigenvalue weighted by Crippen LogP contribution is 1.93. The number of ether oxygens (including phenoxy) is 1. The first-order valence-electron chi connectivity index (χ1n) is 6.44. The molecule has 0 aliphatic carbocycles. The quantitative estimate of drug-likeness (QED) is 0.580. The number of unbranched alkanes of at least 4 members (excludes halogenated alkanes) is 1. The molecule has 0 heterocycles. The zero-order valence-corrected chi connectivity index (χ0v) is 11.3. The lowest BCUT2D eigenvalue weighted by molar-refractivity contribution is -0.137. The van der Waals surface area contributed by atoms with Crippen LogP contribution in [0.15, 0.2) is 0 Å². The Kier molecular flexibility index (Phi) is 10.0. The van der Waals surface area contributed by atoms with Gasteiger partial charge in [0.2, 0.25) is 0 Å². The second kappa shape index (κ2) is 10.8. The summed E-state index contributed by atoms with van der Waals surface area (Å²) in [6, 6.07) is -0.349. The first-order chi connectivity index (χ1) is 8.61. The SMILES string of the molecule is CCCCOCCNC(=O)N(CCC)CC(=O)O. The lowest BCUT2D eigenvalue weighted by Gasteiger charge is -2.20. The van der Waals surface area contributed by atoms with E-state index in [1.807, 2.05) is 6.92 Å². The second-order valence-corrected chi connectivity index (χ2v) is 4.01. The first kappa shape index (κ1) is 16.7. The highest BCUT2D eigenvalue weighted by molar-refractivity contribution is 5.80.